The molecule has 1 unspecified atom stereocenters. The van der Waals surface area contributed by atoms with Crippen LogP contribution < -0.4 is 4.90 Å². The van der Waals surface area contributed by atoms with Gasteiger partial charge in [-0.05, 0) is 30.7 Å². The molecular formula is C17H15NO2. The number of hydrogen-bond donors (Lipinski definition) is 0. The quantitative estimate of drug-likeness (QED) is 0.783. The van der Waals surface area contributed by atoms with Crippen molar-refractivity contribution < 1.29 is 9.59 Å². The van der Waals surface area contributed by atoms with Crippen LogP contribution in [0.1, 0.15) is 21.5 Å². The number of fused-ring (bicyclic) bond motifs is 1. The van der Waals surface area contributed by atoms with E-state index < -0.39 is 6.04 Å². The molecule has 1 heterocycles. The zero-order chi connectivity index (χ0) is 14.1. The molecular weight excluding hydrogens is 250 g/mol. The summed E-state index contributed by atoms with van der Waals surface area (Å²) in [6.45, 7) is 2.01. The fraction of sp³-hybridized carbons (Fsp3) is 0.176. The van der Waals surface area contributed by atoms with Crippen LogP contribution >= 0.6 is 0 Å². The zero-order valence-electron chi connectivity index (χ0n) is 11.2. The van der Waals surface area contributed by atoms with E-state index in [4.69, 9.17) is 0 Å². The minimum Gasteiger partial charge on any atom is -0.301 e. The highest BCUT2D eigenvalue weighted by Gasteiger charge is 2.33. The molecule has 100 valence electrons. The van der Waals surface area contributed by atoms with Gasteiger partial charge in [0.15, 0.2) is 0 Å². The van der Waals surface area contributed by atoms with Crippen molar-refractivity contribution in [2.24, 2.45) is 0 Å². The van der Waals surface area contributed by atoms with Crippen molar-refractivity contribution in [1.29, 1.82) is 0 Å². The van der Waals surface area contributed by atoms with Gasteiger partial charge in [0.2, 0.25) is 0 Å². The predicted molar refractivity (Wildman–Crippen MR) is 78.0 cm³/mol. The van der Waals surface area contributed by atoms with E-state index in [1.165, 1.54) is 0 Å². The largest absolute Gasteiger partial charge is 0.301 e. The Morgan fingerprint density at radius 2 is 1.95 bits per heavy atom. The Morgan fingerprint density at radius 1 is 1.20 bits per heavy atom. The van der Waals surface area contributed by atoms with Crippen LogP contribution in [0.25, 0.3) is 0 Å². The third-order valence-corrected chi connectivity index (χ3v) is 3.65. The van der Waals surface area contributed by atoms with Gasteiger partial charge in [0, 0.05) is 17.7 Å². The second-order valence-electron chi connectivity index (χ2n) is 5.08. The highest BCUT2D eigenvalue weighted by Crippen LogP contribution is 2.33. The Hall–Kier alpha value is -2.42. The fourth-order valence-electron chi connectivity index (χ4n) is 2.70. The SMILES string of the molecule is Cc1ccc2c(c1)CC(C=O)N2C(=O)c1ccccc1. The van der Waals surface area contributed by atoms with E-state index in [1.54, 1.807) is 17.0 Å². The first kappa shape index (κ1) is 12.6. The fourth-order valence-corrected chi connectivity index (χ4v) is 2.70. The maximum absolute atomic E-state index is 12.6. The van der Waals surface area contributed by atoms with Gasteiger partial charge >= 0.3 is 0 Å². The maximum atomic E-state index is 12.6. The number of anilines is 1. The van der Waals surface area contributed by atoms with Crippen LogP contribution in [0.4, 0.5) is 5.69 Å². The first-order valence-electron chi connectivity index (χ1n) is 6.64. The third-order valence-electron chi connectivity index (χ3n) is 3.65. The van der Waals surface area contributed by atoms with Gasteiger partial charge < -0.3 is 4.79 Å². The Balaban J connectivity index is 2.04. The van der Waals surface area contributed by atoms with Gasteiger partial charge in [-0.3, -0.25) is 9.69 Å². The number of amides is 1. The van der Waals surface area contributed by atoms with E-state index in [-0.39, 0.29) is 5.91 Å². The molecule has 3 nitrogen and oxygen atoms in total. The molecule has 1 atom stereocenters. The molecule has 0 N–H and O–H groups in total. The number of hydrogen-bond acceptors (Lipinski definition) is 2. The van der Waals surface area contributed by atoms with Gasteiger partial charge in [-0.25, -0.2) is 0 Å². The number of benzene rings is 2. The molecule has 1 amide bonds. The smallest absolute Gasteiger partial charge is 0.258 e. The standard InChI is InChI=1S/C17H15NO2/c1-12-7-8-16-14(9-12)10-15(11-19)18(16)17(20)13-5-3-2-4-6-13/h2-9,11,15H,10H2,1H3. The summed E-state index contributed by atoms with van der Waals surface area (Å²) >= 11 is 0. The third kappa shape index (κ3) is 2.01. The summed E-state index contributed by atoms with van der Waals surface area (Å²) in [5, 5.41) is 0. The van der Waals surface area contributed by atoms with Crippen molar-refractivity contribution in [3.8, 4) is 0 Å². The summed E-state index contributed by atoms with van der Waals surface area (Å²) in [5.41, 5.74) is 3.66. The molecule has 20 heavy (non-hydrogen) atoms. The molecule has 0 saturated heterocycles. The van der Waals surface area contributed by atoms with Crippen LogP contribution in [-0.4, -0.2) is 18.2 Å². The van der Waals surface area contributed by atoms with Crippen molar-refractivity contribution in [3.63, 3.8) is 0 Å². The average Bonchev–Trinajstić information content (AvgIpc) is 2.84. The molecule has 3 rings (SSSR count). The zero-order valence-corrected chi connectivity index (χ0v) is 11.2. The molecule has 2 aromatic carbocycles. The lowest BCUT2D eigenvalue weighted by atomic mass is 10.1. The number of carbonyl (C=O) groups excluding carboxylic acids is 2. The van der Waals surface area contributed by atoms with Crippen LogP contribution in [0, 0.1) is 6.92 Å². The van der Waals surface area contributed by atoms with E-state index in [0.29, 0.717) is 12.0 Å². The molecule has 2 aromatic rings. The molecule has 1 aliphatic rings. The lowest BCUT2D eigenvalue weighted by Gasteiger charge is -2.21. The normalized spacial score (nSPS) is 16.9. The lowest BCUT2D eigenvalue weighted by Crippen LogP contribution is -2.38. The van der Waals surface area contributed by atoms with Gasteiger partial charge in [0.1, 0.15) is 6.29 Å². The van der Waals surface area contributed by atoms with Gasteiger partial charge in [-0.1, -0.05) is 35.9 Å². The second-order valence-corrected chi connectivity index (χ2v) is 5.08. The predicted octanol–water partition coefficient (Wildman–Crippen LogP) is 2.77. The molecule has 1 aliphatic heterocycles. The van der Waals surface area contributed by atoms with Gasteiger partial charge in [0.25, 0.3) is 5.91 Å². The topological polar surface area (TPSA) is 37.4 Å². The summed E-state index contributed by atoms with van der Waals surface area (Å²) in [6, 6.07) is 14.6. The minimum atomic E-state index is -0.403. The number of aryl methyl sites for hydroxylation is 1. The molecule has 0 saturated carbocycles. The van der Waals surface area contributed by atoms with Crippen LogP contribution in [0.3, 0.4) is 0 Å². The van der Waals surface area contributed by atoms with Crippen LogP contribution in [0.2, 0.25) is 0 Å². The monoisotopic (exact) mass is 265 g/mol. The minimum absolute atomic E-state index is 0.120. The average molecular weight is 265 g/mol. The van der Waals surface area contributed by atoms with Gasteiger partial charge in [-0.2, -0.15) is 0 Å². The molecule has 0 aromatic heterocycles. The van der Waals surface area contributed by atoms with E-state index in [1.807, 2.05) is 43.3 Å². The Kier molecular flexibility index (Phi) is 3.11. The van der Waals surface area contributed by atoms with E-state index in [2.05, 4.69) is 0 Å². The Labute approximate surface area is 117 Å². The molecule has 0 bridgehead atoms. The molecule has 0 spiro atoms. The molecule has 0 fully saturated rings. The summed E-state index contributed by atoms with van der Waals surface area (Å²) in [5.74, 6) is -0.120. The molecule has 0 aliphatic carbocycles. The van der Waals surface area contributed by atoms with Gasteiger partial charge in [0.05, 0.1) is 6.04 Å². The van der Waals surface area contributed by atoms with Crippen molar-refractivity contribution >= 4 is 17.9 Å². The lowest BCUT2D eigenvalue weighted by molar-refractivity contribution is -0.108. The summed E-state index contributed by atoms with van der Waals surface area (Å²) in [6.07, 6.45) is 1.45. The first-order chi connectivity index (χ1) is 9.70. The molecule has 0 radical (unpaired) electrons. The highest BCUT2D eigenvalue weighted by molar-refractivity contribution is 6.09. The summed E-state index contributed by atoms with van der Waals surface area (Å²) in [7, 11) is 0. The molecule has 3 heteroatoms. The Bertz CT molecular complexity index is 664. The number of aldehydes is 1. The van der Waals surface area contributed by atoms with Crippen molar-refractivity contribution in [1.82, 2.24) is 0 Å². The van der Waals surface area contributed by atoms with Crippen LogP contribution in [-0.2, 0) is 11.2 Å². The second kappa shape index (κ2) is 4.93. The summed E-state index contributed by atoms with van der Waals surface area (Å²) in [4.78, 5) is 25.6. The first-order valence-corrected chi connectivity index (χ1v) is 6.64. The van der Waals surface area contributed by atoms with Crippen molar-refractivity contribution in [2.45, 2.75) is 19.4 Å². The van der Waals surface area contributed by atoms with Crippen molar-refractivity contribution in [3.05, 3.63) is 65.2 Å². The summed E-state index contributed by atoms with van der Waals surface area (Å²) < 4.78 is 0. The van der Waals surface area contributed by atoms with E-state index in [9.17, 15) is 9.59 Å². The number of nitrogens with zero attached hydrogens (tertiary/aromatic N) is 1. The van der Waals surface area contributed by atoms with E-state index >= 15 is 0 Å². The van der Waals surface area contributed by atoms with E-state index in [0.717, 1.165) is 23.1 Å². The maximum Gasteiger partial charge on any atom is 0.258 e. The van der Waals surface area contributed by atoms with Crippen LogP contribution in [0.15, 0.2) is 48.5 Å². The van der Waals surface area contributed by atoms with Crippen molar-refractivity contribution in [2.75, 3.05) is 4.90 Å². The number of rotatable bonds is 2. The highest BCUT2D eigenvalue weighted by atomic mass is 16.2. The van der Waals surface area contributed by atoms with Gasteiger partial charge in [-0.15, -0.1) is 0 Å². The van der Waals surface area contributed by atoms with Crippen LogP contribution in [0.5, 0.6) is 0 Å². The Morgan fingerprint density at radius 3 is 2.65 bits per heavy atom. The number of carbonyl (C=O) groups is 2.